The van der Waals surface area contributed by atoms with Crippen LogP contribution < -0.4 is 5.32 Å². The van der Waals surface area contributed by atoms with Crippen molar-refractivity contribution in [3.63, 3.8) is 0 Å². The number of hydrogen-bond acceptors (Lipinski definition) is 2. The van der Waals surface area contributed by atoms with Gasteiger partial charge in [0.05, 0.1) is 6.42 Å². The second kappa shape index (κ2) is 12.6. The van der Waals surface area contributed by atoms with E-state index in [2.05, 4.69) is 5.32 Å². The lowest BCUT2D eigenvalue weighted by atomic mass is 10.0. The van der Waals surface area contributed by atoms with E-state index in [1.54, 1.807) is 36.4 Å². The van der Waals surface area contributed by atoms with Crippen molar-refractivity contribution in [1.82, 2.24) is 10.2 Å². The first-order chi connectivity index (χ1) is 16.7. The summed E-state index contributed by atoms with van der Waals surface area (Å²) < 4.78 is 0. The van der Waals surface area contributed by atoms with E-state index in [1.807, 2.05) is 44.2 Å². The van der Waals surface area contributed by atoms with Crippen molar-refractivity contribution in [3.05, 3.63) is 104 Å². The minimum absolute atomic E-state index is 0.0441. The van der Waals surface area contributed by atoms with Crippen molar-refractivity contribution in [2.24, 2.45) is 0 Å². The molecule has 35 heavy (non-hydrogen) atoms. The number of amides is 2. The van der Waals surface area contributed by atoms with Crippen LogP contribution in [0.15, 0.2) is 66.7 Å². The predicted molar refractivity (Wildman–Crippen MR) is 144 cm³/mol. The number of benzene rings is 3. The average Bonchev–Trinajstić information content (AvgIpc) is 2.80. The number of hydrogen-bond donors (Lipinski definition) is 1. The molecule has 1 atom stereocenters. The number of halogens is 4. The maximum absolute atomic E-state index is 13.8. The quantitative estimate of drug-likeness (QED) is 0.311. The Morgan fingerprint density at radius 2 is 1.29 bits per heavy atom. The lowest BCUT2D eigenvalue weighted by Crippen LogP contribution is -2.52. The van der Waals surface area contributed by atoms with Crippen molar-refractivity contribution in [2.45, 2.75) is 45.3 Å². The molecule has 0 aliphatic heterocycles. The Labute approximate surface area is 226 Å². The highest BCUT2D eigenvalue weighted by Crippen LogP contribution is 2.29. The topological polar surface area (TPSA) is 49.4 Å². The summed E-state index contributed by atoms with van der Waals surface area (Å²) in [5, 5.41) is 4.54. The number of carbonyl (C=O) groups is 2. The van der Waals surface area contributed by atoms with Gasteiger partial charge in [0.2, 0.25) is 11.8 Å². The second-order valence-electron chi connectivity index (χ2n) is 8.47. The van der Waals surface area contributed by atoms with Gasteiger partial charge in [0, 0.05) is 44.7 Å². The lowest BCUT2D eigenvalue weighted by molar-refractivity contribution is -0.141. The van der Waals surface area contributed by atoms with Crippen molar-refractivity contribution in [3.8, 4) is 0 Å². The fraction of sp³-hybridized carbons (Fsp3) is 0.259. The van der Waals surface area contributed by atoms with Gasteiger partial charge in [-0.25, -0.2) is 0 Å². The maximum Gasteiger partial charge on any atom is 0.243 e. The molecule has 8 heteroatoms. The Morgan fingerprint density at radius 3 is 1.80 bits per heavy atom. The summed E-state index contributed by atoms with van der Waals surface area (Å²) in [5.41, 5.74) is 1.97. The van der Waals surface area contributed by atoms with Crippen molar-refractivity contribution in [1.29, 1.82) is 0 Å². The summed E-state index contributed by atoms with van der Waals surface area (Å²) in [7, 11) is 0. The molecular formula is C27H26Cl4N2O2. The van der Waals surface area contributed by atoms with Crippen LogP contribution in [-0.2, 0) is 29.0 Å². The highest BCUT2D eigenvalue weighted by molar-refractivity contribution is 6.36. The summed E-state index contributed by atoms with van der Waals surface area (Å²) in [6.07, 6.45) is 0.226. The van der Waals surface area contributed by atoms with Gasteiger partial charge in [-0.1, -0.05) is 88.9 Å². The predicted octanol–water partition coefficient (Wildman–Crippen LogP) is 7.01. The third kappa shape index (κ3) is 7.37. The van der Waals surface area contributed by atoms with Crippen LogP contribution in [0.5, 0.6) is 0 Å². The monoisotopic (exact) mass is 550 g/mol. The van der Waals surface area contributed by atoms with Gasteiger partial charge in [-0.2, -0.15) is 0 Å². The number of nitrogens with zero attached hydrogens (tertiary/aromatic N) is 1. The largest absolute Gasteiger partial charge is 0.352 e. The van der Waals surface area contributed by atoms with Crippen LogP contribution in [0.25, 0.3) is 0 Å². The Balaban J connectivity index is 2.06. The number of nitrogens with one attached hydrogen (secondary N) is 1. The molecule has 3 aromatic carbocycles. The van der Waals surface area contributed by atoms with Crippen molar-refractivity contribution < 1.29 is 9.59 Å². The normalized spacial score (nSPS) is 11.9. The molecule has 0 aliphatic rings. The summed E-state index contributed by atoms with van der Waals surface area (Å²) in [6.45, 7) is 3.79. The van der Waals surface area contributed by atoms with Gasteiger partial charge in [0.25, 0.3) is 0 Å². The van der Waals surface area contributed by atoms with Crippen LogP contribution in [0.2, 0.25) is 20.1 Å². The van der Waals surface area contributed by atoms with Gasteiger partial charge < -0.3 is 10.2 Å². The van der Waals surface area contributed by atoms with Gasteiger partial charge in [-0.3, -0.25) is 9.59 Å². The van der Waals surface area contributed by atoms with Crippen LogP contribution in [0, 0.1) is 0 Å². The van der Waals surface area contributed by atoms with E-state index in [-0.39, 0.29) is 30.8 Å². The summed E-state index contributed by atoms with van der Waals surface area (Å²) in [5.74, 6) is -0.596. The van der Waals surface area contributed by atoms with Gasteiger partial charge in [-0.05, 0) is 49.2 Å². The molecule has 0 aliphatic carbocycles. The number of rotatable bonds is 9. The van der Waals surface area contributed by atoms with Gasteiger partial charge in [-0.15, -0.1) is 0 Å². The van der Waals surface area contributed by atoms with Gasteiger partial charge in [0.1, 0.15) is 6.04 Å². The van der Waals surface area contributed by atoms with E-state index in [0.29, 0.717) is 37.6 Å². The van der Waals surface area contributed by atoms with E-state index >= 15 is 0 Å². The standard InChI is InChI=1S/C27H26Cl4N2O2/c1-17(2)32-27(35)25(14-18-8-4-3-5-9-18)33(16-20-23(30)12-7-13-24(20)31)26(34)15-19-21(28)10-6-11-22(19)29/h3-13,17,25H,14-16H2,1-2H3,(H,32,35). The van der Waals surface area contributed by atoms with Gasteiger partial charge >= 0.3 is 0 Å². The van der Waals surface area contributed by atoms with E-state index < -0.39 is 6.04 Å². The minimum atomic E-state index is -0.819. The highest BCUT2D eigenvalue weighted by atomic mass is 35.5. The summed E-state index contributed by atoms with van der Waals surface area (Å²) in [4.78, 5) is 28.7. The molecule has 4 nitrogen and oxygen atoms in total. The van der Waals surface area contributed by atoms with E-state index in [1.165, 1.54) is 4.90 Å². The zero-order valence-electron chi connectivity index (χ0n) is 19.4. The average molecular weight is 552 g/mol. The Morgan fingerprint density at radius 1 is 0.771 bits per heavy atom. The molecule has 0 heterocycles. The second-order valence-corrected chi connectivity index (χ2v) is 10.1. The fourth-order valence-corrected chi connectivity index (χ4v) is 4.79. The summed E-state index contributed by atoms with van der Waals surface area (Å²) in [6, 6.07) is 18.8. The minimum Gasteiger partial charge on any atom is -0.352 e. The van der Waals surface area contributed by atoms with E-state index in [4.69, 9.17) is 46.4 Å². The molecule has 0 saturated heterocycles. The summed E-state index contributed by atoms with van der Waals surface area (Å²) >= 11 is 25.6. The SMILES string of the molecule is CC(C)NC(=O)C(Cc1ccccc1)N(Cc1c(Cl)cccc1Cl)C(=O)Cc1c(Cl)cccc1Cl. The van der Waals surface area contributed by atoms with Crippen LogP contribution in [-0.4, -0.2) is 28.8 Å². The molecular weight excluding hydrogens is 526 g/mol. The highest BCUT2D eigenvalue weighted by Gasteiger charge is 2.32. The molecule has 0 fully saturated rings. The maximum atomic E-state index is 13.8. The van der Waals surface area contributed by atoms with Crippen molar-refractivity contribution >= 4 is 58.2 Å². The van der Waals surface area contributed by atoms with E-state index in [0.717, 1.165) is 5.56 Å². The molecule has 184 valence electrons. The fourth-order valence-electron chi connectivity index (χ4n) is 3.74. The van der Waals surface area contributed by atoms with Crippen molar-refractivity contribution in [2.75, 3.05) is 0 Å². The smallest absolute Gasteiger partial charge is 0.243 e. The molecule has 3 rings (SSSR count). The lowest BCUT2D eigenvalue weighted by Gasteiger charge is -2.33. The first-order valence-electron chi connectivity index (χ1n) is 11.2. The molecule has 0 bridgehead atoms. The molecule has 0 aromatic heterocycles. The molecule has 0 saturated carbocycles. The number of carbonyl (C=O) groups excluding carboxylic acids is 2. The van der Waals surface area contributed by atoms with E-state index in [9.17, 15) is 9.59 Å². The Bertz CT molecular complexity index is 1140. The molecule has 0 spiro atoms. The Kier molecular flexibility index (Phi) is 9.88. The molecule has 2 amide bonds. The van der Waals surface area contributed by atoms with Crippen LogP contribution in [0.1, 0.15) is 30.5 Å². The molecule has 0 radical (unpaired) electrons. The van der Waals surface area contributed by atoms with Gasteiger partial charge in [0.15, 0.2) is 0 Å². The first kappa shape index (κ1) is 27.3. The third-order valence-electron chi connectivity index (χ3n) is 5.48. The Hall–Kier alpha value is -2.24. The molecule has 1 N–H and O–H groups in total. The van der Waals surface area contributed by atoms with Crippen LogP contribution >= 0.6 is 46.4 Å². The van der Waals surface area contributed by atoms with Crippen LogP contribution in [0.3, 0.4) is 0 Å². The molecule has 1 unspecified atom stereocenters. The first-order valence-corrected chi connectivity index (χ1v) is 12.7. The zero-order valence-corrected chi connectivity index (χ0v) is 22.4. The third-order valence-corrected chi connectivity index (χ3v) is 6.90. The van der Waals surface area contributed by atoms with Crippen LogP contribution in [0.4, 0.5) is 0 Å². The zero-order chi connectivity index (χ0) is 25.5. The molecule has 3 aromatic rings.